The molecule has 2 N–H and O–H groups in total. The summed E-state index contributed by atoms with van der Waals surface area (Å²) in [5, 5.41) is 40.1. The van der Waals surface area contributed by atoms with Crippen molar-refractivity contribution in [3.05, 3.63) is 62.2 Å². The van der Waals surface area contributed by atoms with Gasteiger partial charge in [-0.15, -0.1) is 0 Å². The van der Waals surface area contributed by atoms with Crippen molar-refractivity contribution in [2.24, 2.45) is 0 Å². The van der Waals surface area contributed by atoms with Crippen LogP contribution < -0.4 is 0 Å². The van der Waals surface area contributed by atoms with E-state index in [-0.39, 0.29) is 11.1 Å². The lowest BCUT2D eigenvalue weighted by atomic mass is 10.0. The summed E-state index contributed by atoms with van der Waals surface area (Å²) >= 11 is 0. The molecule has 2 rings (SSSR count). The first-order chi connectivity index (χ1) is 10.3. The normalized spacial score (nSPS) is 10.2. The molecular formula is C13H8N2O7. The van der Waals surface area contributed by atoms with Crippen molar-refractivity contribution in [2.75, 3.05) is 0 Å². The van der Waals surface area contributed by atoms with Crippen LogP contribution in [0.15, 0.2) is 36.4 Å². The minimum absolute atomic E-state index is 0.0121. The summed E-state index contributed by atoms with van der Waals surface area (Å²) in [6.45, 7) is 0. The first-order valence-corrected chi connectivity index (χ1v) is 5.80. The Morgan fingerprint density at radius 2 is 1.68 bits per heavy atom. The van der Waals surface area contributed by atoms with Crippen LogP contribution in [0, 0.1) is 20.2 Å². The minimum Gasteiger partial charge on any atom is -0.507 e. The summed E-state index contributed by atoms with van der Waals surface area (Å²) < 4.78 is 0. The van der Waals surface area contributed by atoms with Crippen LogP contribution in [0.1, 0.15) is 10.4 Å². The molecule has 0 bridgehead atoms. The number of phenols is 1. The molecule has 0 radical (unpaired) electrons. The Labute approximate surface area is 122 Å². The van der Waals surface area contributed by atoms with Crippen LogP contribution in [0.3, 0.4) is 0 Å². The van der Waals surface area contributed by atoms with Gasteiger partial charge in [-0.05, 0) is 23.8 Å². The summed E-state index contributed by atoms with van der Waals surface area (Å²) in [5.41, 5.74) is -1.25. The van der Waals surface area contributed by atoms with Crippen molar-refractivity contribution in [3.63, 3.8) is 0 Å². The largest absolute Gasteiger partial charge is 0.507 e. The van der Waals surface area contributed by atoms with Gasteiger partial charge >= 0.3 is 5.97 Å². The number of aromatic hydroxyl groups is 1. The van der Waals surface area contributed by atoms with Crippen LogP contribution in [0.5, 0.6) is 5.75 Å². The minimum atomic E-state index is -1.40. The van der Waals surface area contributed by atoms with E-state index in [1.54, 1.807) is 0 Å². The molecule has 0 aromatic heterocycles. The molecule has 22 heavy (non-hydrogen) atoms. The second-order valence-electron chi connectivity index (χ2n) is 4.25. The Kier molecular flexibility index (Phi) is 3.71. The molecule has 2 aromatic carbocycles. The van der Waals surface area contributed by atoms with Gasteiger partial charge in [0.1, 0.15) is 11.3 Å². The van der Waals surface area contributed by atoms with Gasteiger partial charge in [-0.1, -0.05) is 6.07 Å². The zero-order valence-corrected chi connectivity index (χ0v) is 10.8. The number of carboxylic acids is 1. The molecule has 2 aromatic rings. The van der Waals surface area contributed by atoms with Gasteiger partial charge < -0.3 is 10.2 Å². The fraction of sp³-hybridized carbons (Fsp3) is 0. The van der Waals surface area contributed by atoms with Crippen LogP contribution in [0.4, 0.5) is 11.4 Å². The number of aromatic carboxylic acids is 1. The summed E-state index contributed by atoms with van der Waals surface area (Å²) in [6.07, 6.45) is 0. The fourth-order valence-corrected chi connectivity index (χ4v) is 1.90. The average molecular weight is 304 g/mol. The Hall–Kier alpha value is -3.49. The van der Waals surface area contributed by atoms with Gasteiger partial charge in [0.15, 0.2) is 0 Å². The number of nitro benzene ring substituents is 2. The van der Waals surface area contributed by atoms with E-state index in [1.807, 2.05) is 0 Å². The van der Waals surface area contributed by atoms with Gasteiger partial charge in [0.05, 0.1) is 21.5 Å². The SMILES string of the molecule is O=C(O)c1cc(-c2ccc([N+](=O)[O-])cc2[N+](=O)[O-])ccc1O. The Morgan fingerprint density at radius 1 is 1.00 bits per heavy atom. The van der Waals surface area contributed by atoms with Crippen molar-refractivity contribution in [1.82, 2.24) is 0 Å². The van der Waals surface area contributed by atoms with E-state index < -0.39 is 38.5 Å². The van der Waals surface area contributed by atoms with E-state index in [0.29, 0.717) is 0 Å². The standard InChI is InChI=1S/C13H8N2O7/c16-12-4-1-7(5-10(12)13(17)18)9-3-2-8(14(19)20)6-11(9)15(21)22/h1-6,16H,(H,17,18). The molecule has 112 valence electrons. The maximum Gasteiger partial charge on any atom is 0.339 e. The first kappa shape index (κ1) is 14.9. The van der Waals surface area contributed by atoms with Crippen LogP contribution in [0.25, 0.3) is 11.1 Å². The molecule has 0 unspecified atom stereocenters. The third-order valence-electron chi connectivity index (χ3n) is 2.93. The average Bonchev–Trinajstić information content (AvgIpc) is 2.46. The van der Waals surface area contributed by atoms with E-state index in [9.17, 15) is 30.1 Å². The lowest BCUT2D eigenvalue weighted by Crippen LogP contribution is -1.99. The maximum atomic E-state index is 11.1. The Bertz CT molecular complexity index is 801. The number of hydrogen-bond donors (Lipinski definition) is 2. The van der Waals surface area contributed by atoms with E-state index in [2.05, 4.69) is 0 Å². The number of non-ortho nitro benzene ring substituents is 1. The van der Waals surface area contributed by atoms with Gasteiger partial charge in [-0.2, -0.15) is 0 Å². The van der Waals surface area contributed by atoms with E-state index in [4.69, 9.17) is 5.11 Å². The van der Waals surface area contributed by atoms with Crippen LogP contribution in [-0.2, 0) is 0 Å². The predicted octanol–water partition coefficient (Wildman–Crippen LogP) is 2.57. The Balaban J connectivity index is 2.67. The van der Waals surface area contributed by atoms with Crippen molar-refractivity contribution >= 4 is 17.3 Å². The van der Waals surface area contributed by atoms with Gasteiger partial charge in [-0.25, -0.2) is 4.79 Å². The molecule has 0 aliphatic heterocycles. The summed E-state index contributed by atoms with van der Waals surface area (Å²) in [5.74, 6) is -1.88. The van der Waals surface area contributed by atoms with Crippen LogP contribution >= 0.6 is 0 Å². The molecule has 0 aliphatic rings. The molecule has 0 aliphatic carbocycles. The maximum absolute atomic E-state index is 11.1. The highest BCUT2D eigenvalue weighted by molar-refractivity contribution is 5.93. The molecule has 0 saturated heterocycles. The third-order valence-corrected chi connectivity index (χ3v) is 2.93. The van der Waals surface area contributed by atoms with Gasteiger partial charge in [0.2, 0.25) is 0 Å². The number of rotatable bonds is 4. The molecule has 0 atom stereocenters. The number of hydrogen-bond acceptors (Lipinski definition) is 6. The second kappa shape index (κ2) is 5.48. The highest BCUT2D eigenvalue weighted by Gasteiger charge is 2.21. The fourth-order valence-electron chi connectivity index (χ4n) is 1.90. The number of carboxylic acid groups (broad SMARTS) is 1. The smallest absolute Gasteiger partial charge is 0.339 e. The number of nitro groups is 2. The van der Waals surface area contributed by atoms with Crippen LogP contribution in [-0.4, -0.2) is 26.0 Å². The molecule has 9 heteroatoms. The molecule has 0 fully saturated rings. The second-order valence-corrected chi connectivity index (χ2v) is 4.25. The summed E-state index contributed by atoms with van der Waals surface area (Å²) in [7, 11) is 0. The number of nitrogens with zero attached hydrogens (tertiary/aromatic N) is 2. The quantitative estimate of drug-likeness (QED) is 0.652. The zero-order valence-electron chi connectivity index (χ0n) is 10.8. The molecule has 0 heterocycles. The van der Waals surface area contributed by atoms with Crippen molar-refractivity contribution in [1.29, 1.82) is 0 Å². The molecule has 9 nitrogen and oxygen atoms in total. The van der Waals surface area contributed by atoms with Crippen molar-refractivity contribution in [3.8, 4) is 16.9 Å². The molecular weight excluding hydrogens is 296 g/mol. The van der Waals surface area contributed by atoms with Gasteiger partial charge in [-0.3, -0.25) is 20.2 Å². The summed E-state index contributed by atoms with van der Waals surface area (Å²) in [4.78, 5) is 31.2. The van der Waals surface area contributed by atoms with Gasteiger partial charge in [0, 0.05) is 6.07 Å². The number of benzene rings is 2. The van der Waals surface area contributed by atoms with Gasteiger partial charge in [0.25, 0.3) is 11.4 Å². The highest BCUT2D eigenvalue weighted by atomic mass is 16.6. The lowest BCUT2D eigenvalue weighted by Gasteiger charge is -2.06. The predicted molar refractivity (Wildman–Crippen MR) is 73.8 cm³/mol. The van der Waals surface area contributed by atoms with Crippen LogP contribution in [0.2, 0.25) is 0 Å². The third kappa shape index (κ3) is 2.68. The zero-order chi connectivity index (χ0) is 16.4. The molecule has 0 amide bonds. The van der Waals surface area contributed by atoms with Crippen molar-refractivity contribution in [2.45, 2.75) is 0 Å². The number of carbonyl (C=O) groups is 1. The van der Waals surface area contributed by atoms with E-state index in [0.717, 1.165) is 30.3 Å². The Morgan fingerprint density at radius 3 is 2.23 bits per heavy atom. The van der Waals surface area contributed by atoms with E-state index >= 15 is 0 Å². The topological polar surface area (TPSA) is 144 Å². The molecule has 0 saturated carbocycles. The summed E-state index contributed by atoms with van der Waals surface area (Å²) in [6, 6.07) is 6.47. The first-order valence-electron chi connectivity index (χ1n) is 5.80. The van der Waals surface area contributed by atoms with E-state index in [1.165, 1.54) is 6.07 Å². The highest BCUT2D eigenvalue weighted by Crippen LogP contribution is 2.34. The van der Waals surface area contributed by atoms with Crippen molar-refractivity contribution < 1.29 is 24.9 Å². The lowest BCUT2D eigenvalue weighted by molar-refractivity contribution is -0.393. The monoisotopic (exact) mass is 304 g/mol. The molecule has 0 spiro atoms.